The molecule has 0 unspecified atom stereocenters. The second-order valence-electron chi connectivity index (χ2n) is 8.57. The number of anilines is 2. The summed E-state index contributed by atoms with van der Waals surface area (Å²) in [5.41, 5.74) is 2.61. The second-order valence-corrected chi connectivity index (χ2v) is 8.57. The van der Waals surface area contributed by atoms with Crippen LogP contribution in [0.2, 0.25) is 0 Å². The first kappa shape index (κ1) is 21.4. The van der Waals surface area contributed by atoms with Crippen molar-refractivity contribution < 1.29 is 14.3 Å². The third kappa shape index (κ3) is 4.44. The maximum atomic E-state index is 12.9. The van der Waals surface area contributed by atoms with E-state index in [9.17, 15) is 9.59 Å². The molecule has 3 amide bonds. The van der Waals surface area contributed by atoms with Crippen LogP contribution in [-0.4, -0.2) is 25.6 Å². The van der Waals surface area contributed by atoms with Crippen LogP contribution in [0, 0.1) is 5.41 Å². The molecule has 0 aromatic heterocycles. The molecule has 3 aromatic carbocycles. The number of rotatable bonds is 4. The van der Waals surface area contributed by atoms with Crippen molar-refractivity contribution in [3.8, 4) is 5.75 Å². The minimum absolute atomic E-state index is 0.0109. The van der Waals surface area contributed by atoms with E-state index in [0.29, 0.717) is 17.1 Å². The van der Waals surface area contributed by atoms with Gasteiger partial charge in [0.25, 0.3) is 0 Å². The van der Waals surface area contributed by atoms with Crippen LogP contribution in [0.5, 0.6) is 5.75 Å². The zero-order valence-electron chi connectivity index (χ0n) is 18.5. The molecule has 1 aliphatic heterocycles. The normalized spacial score (nSPS) is 14.9. The Morgan fingerprint density at radius 2 is 1.56 bits per heavy atom. The Bertz CT molecular complexity index is 1070. The molecular formula is C26H27N3O3. The first-order valence-electron chi connectivity index (χ1n) is 10.6. The van der Waals surface area contributed by atoms with Crippen LogP contribution in [0.1, 0.15) is 31.0 Å². The van der Waals surface area contributed by atoms with E-state index < -0.39 is 5.41 Å². The number of carbonyl (C=O) groups is 2. The Morgan fingerprint density at radius 1 is 0.969 bits per heavy atom. The number of urea groups is 1. The summed E-state index contributed by atoms with van der Waals surface area (Å²) in [5, 5.41) is 5.96. The van der Waals surface area contributed by atoms with Crippen molar-refractivity contribution in [2.45, 2.75) is 19.9 Å². The van der Waals surface area contributed by atoms with Crippen LogP contribution >= 0.6 is 0 Å². The van der Waals surface area contributed by atoms with Gasteiger partial charge in [0.05, 0.1) is 17.1 Å². The fourth-order valence-electron chi connectivity index (χ4n) is 3.82. The molecule has 0 spiro atoms. The minimum atomic E-state index is -0.628. The van der Waals surface area contributed by atoms with Gasteiger partial charge in [-0.15, -0.1) is 0 Å². The standard InChI is InChI=1S/C26H27N3O3/c1-26(2)17-32-22-16-20(14-15-21(22)29(3)24(26)30)27-25(31)28-23(18-10-6-4-7-11-18)19-12-8-5-9-13-19/h4-16,23H,17H2,1-3H3,(H2,27,28,31). The Balaban J connectivity index is 1.54. The summed E-state index contributed by atoms with van der Waals surface area (Å²) < 4.78 is 5.91. The number of nitrogens with one attached hydrogen (secondary N) is 2. The van der Waals surface area contributed by atoms with E-state index in [2.05, 4.69) is 10.6 Å². The fourth-order valence-corrected chi connectivity index (χ4v) is 3.82. The summed E-state index contributed by atoms with van der Waals surface area (Å²) in [4.78, 5) is 27.2. The molecule has 0 saturated carbocycles. The molecule has 6 heteroatoms. The predicted molar refractivity (Wildman–Crippen MR) is 126 cm³/mol. The SMILES string of the molecule is CN1C(=O)C(C)(C)COc2cc(NC(=O)NC(c3ccccc3)c3ccccc3)ccc21. The highest BCUT2D eigenvalue weighted by molar-refractivity contribution is 5.99. The molecule has 0 fully saturated rings. The molecular weight excluding hydrogens is 402 g/mol. The van der Waals surface area contributed by atoms with E-state index in [-0.39, 0.29) is 24.6 Å². The third-order valence-electron chi connectivity index (χ3n) is 5.59. The molecule has 4 rings (SSSR count). The first-order valence-corrected chi connectivity index (χ1v) is 10.6. The van der Waals surface area contributed by atoms with Crippen molar-refractivity contribution in [2.24, 2.45) is 5.41 Å². The molecule has 0 aliphatic carbocycles. The number of carbonyl (C=O) groups excluding carboxylic acids is 2. The van der Waals surface area contributed by atoms with Crippen molar-refractivity contribution in [1.82, 2.24) is 5.32 Å². The summed E-state index contributed by atoms with van der Waals surface area (Å²) in [6.45, 7) is 3.98. The zero-order valence-corrected chi connectivity index (χ0v) is 18.5. The largest absolute Gasteiger partial charge is 0.490 e. The van der Waals surface area contributed by atoms with Crippen LogP contribution in [0.25, 0.3) is 0 Å². The Labute approximate surface area is 188 Å². The lowest BCUT2D eigenvalue weighted by molar-refractivity contribution is -0.127. The summed E-state index contributed by atoms with van der Waals surface area (Å²) >= 11 is 0. The highest BCUT2D eigenvalue weighted by atomic mass is 16.5. The number of hydrogen-bond donors (Lipinski definition) is 2. The lowest BCUT2D eigenvalue weighted by Crippen LogP contribution is -2.39. The van der Waals surface area contributed by atoms with Gasteiger partial charge in [-0.25, -0.2) is 4.79 Å². The van der Waals surface area contributed by atoms with Gasteiger partial charge in [-0.1, -0.05) is 60.7 Å². The fraction of sp³-hybridized carbons (Fsp3) is 0.231. The molecule has 3 aromatic rings. The number of fused-ring (bicyclic) bond motifs is 1. The average Bonchev–Trinajstić information content (AvgIpc) is 2.89. The third-order valence-corrected chi connectivity index (χ3v) is 5.59. The van der Waals surface area contributed by atoms with E-state index in [0.717, 1.165) is 11.1 Å². The van der Waals surface area contributed by atoms with Crippen molar-refractivity contribution in [3.63, 3.8) is 0 Å². The Morgan fingerprint density at radius 3 is 2.16 bits per heavy atom. The van der Waals surface area contributed by atoms with Gasteiger partial charge in [-0.05, 0) is 37.1 Å². The average molecular weight is 430 g/mol. The van der Waals surface area contributed by atoms with Gasteiger partial charge in [-0.2, -0.15) is 0 Å². The van der Waals surface area contributed by atoms with Crippen molar-refractivity contribution in [1.29, 1.82) is 0 Å². The van der Waals surface area contributed by atoms with Crippen molar-refractivity contribution in [2.75, 3.05) is 23.9 Å². The van der Waals surface area contributed by atoms with Gasteiger partial charge in [0.2, 0.25) is 5.91 Å². The van der Waals surface area contributed by atoms with E-state index in [1.54, 1.807) is 30.1 Å². The Hall–Kier alpha value is -3.80. The molecule has 1 heterocycles. The molecule has 2 N–H and O–H groups in total. The molecule has 32 heavy (non-hydrogen) atoms. The number of nitrogens with zero attached hydrogens (tertiary/aromatic N) is 1. The van der Waals surface area contributed by atoms with Gasteiger partial charge in [0, 0.05) is 18.8 Å². The molecule has 0 atom stereocenters. The van der Waals surface area contributed by atoms with Crippen LogP contribution in [0.15, 0.2) is 78.9 Å². The smallest absolute Gasteiger partial charge is 0.319 e. The molecule has 0 saturated heterocycles. The van der Waals surface area contributed by atoms with Crippen LogP contribution in [-0.2, 0) is 4.79 Å². The van der Waals surface area contributed by atoms with Gasteiger partial charge < -0.3 is 20.3 Å². The number of hydrogen-bond acceptors (Lipinski definition) is 3. The molecule has 6 nitrogen and oxygen atoms in total. The summed E-state index contributed by atoms with van der Waals surface area (Å²) in [7, 11) is 1.74. The van der Waals surface area contributed by atoms with E-state index in [1.165, 1.54) is 0 Å². The van der Waals surface area contributed by atoms with Crippen LogP contribution < -0.4 is 20.3 Å². The van der Waals surface area contributed by atoms with E-state index in [1.807, 2.05) is 74.5 Å². The highest BCUT2D eigenvalue weighted by Gasteiger charge is 2.36. The van der Waals surface area contributed by atoms with Crippen molar-refractivity contribution >= 4 is 23.3 Å². The number of amides is 3. The second kappa shape index (κ2) is 8.75. The molecule has 0 radical (unpaired) electrons. The summed E-state index contributed by atoms with van der Waals surface area (Å²) in [6, 6.07) is 24.3. The molecule has 0 bridgehead atoms. The van der Waals surface area contributed by atoms with Crippen molar-refractivity contribution in [3.05, 3.63) is 90.0 Å². The quantitative estimate of drug-likeness (QED) is 0.615. The monoisotopic (exact) mass is 429 g/mol. The maximum Gasteiger partial charge on any atom is 0.319 e. The van der Waals surface area contributed by atoms with Gasteiger partial charge in [-0.3, -0.25) is 4.79 Å². The lowest BCUT2D eigenvalue weighted by Gasteiger charge is -2.24. The van der Waals surface area contributed by atoms with Gasteiger partial charge in [0.1, 0.15) is 12.4 Å². The zero-order chi connectivity index (χ0) is 22.7. The highest BCUT2D eigenvalue weighted by Crippen LogP contribution is 2.37. The van der Waals surface area contributed by atoms with Crippen LogP contribution in [0.4, 0.5) is 16.2 Å². The lowest BCUT2D eigenvalue weighted by atomic mass is 9.93. The van der Waals surface area contributed by atoms with E-state index in [4.69, 9.17) is 4.74 Å². The molecule has 1 aliphatic rings. The topological polar surface area (TPSA) is 70.7 Å². The predicted octanol–water partition coefficient (Wildman–Crippen LogP) is 4.98. The number of benzene rings is 3. The summed E-state index contributed by atoms with van der Waals surface area (Å²) in [5.74, 6) is 0.551. The van der Waals surface area contributed by atoms with Crippen LogP contribution in [0.3, 0.4) is 0 Å². The first-order chi connectivity index (χ1) is 15.3. The van der Waals surface area contributed by atoms with Gasteiger partial charge >= 0.3 is 6.03 Å². The van der Waals surface area contributed by atoms with Gasteiger partial charge in [0.15, 0.2) is 0 Å². The summed E-state index contributed by atoms with van der Waals surface area (Å²) in [6.07, 6.45) is 0. The Kier molecular flexibility index (Phi) is 5.86. The number of ether oxygens (including phenoxy) is 1. The van der Waals surface area contributed by atoms with E-state index >= 15 is 0 Å². The maximum absolute atomic E-state index is 12.9. The minimum Gasteiger partial charge on any atom is -0.490 e. The molecule has 164 valence electrons.